The Hall–Kier alpha value is -2.87. The second-order valence-corrected chi connectivity index (χ2v) is 7.14. The van der Waals surface area contributed by atoms with E-state index in [2.05, 4.69) is 0 Å². The summed E-state index contributed by atoms with van der Waals surface area (Å²) >= 11 is 0. The van der Waals surface area contributed by atoms with E-state index in [0.29, 0.717) is 16.9 Å². The van der Waals surface area contributed by atoms with Crippen LogP contribution in [-0.4, -0.2) is 57.7 Å². The van der Waals surface area contributed by atoms with Gasteiger partial charge in [-0.05, 0) is 17.5 Å². The molecule has 144 valence electrons. The number of methoxy groups -OCH3 is 1. The quantitative estimate of drug-likeness (QED) is 0.544. The molecule has 1 aliphatic heterocycles. The zero-order valence-corrected chi connectivity index (χ0v) is 14.9. The fraction of sp³-hybridized carbons (Fsp3) is 0.286. The third-order valence-electron chi connectivity index (χ3n) is 5.80. The molecule has 1 fully saturated rings. The molecule has 0 amide bonds. The number of ether oxygens (including phenoxy) is 3. The van der Waals surface area contributed by atoms with Gasteiger partial charge in [0.2, 0.25) is 5.78 Å². The number of rotatable bonds is 3. The maximum atomic E-state index is 12.6. The summed E-state index contributed by atoms with van der Waals surface area (Å²) < 4.78 is 17.3. The summed E-state index contributed by atoms with van der Waals surface area (Å²) in [5.41, 5.74) is -3.26. The Bertz CT molecular complexity index is 1050. The van der Waals surface area contributed by atoms with Crippen LogP contribution in [0.1, 0.15) is 0 Å². The molecular formula is C21H18O7. The van der Waals surface area contributed by atoms with Crippen LogP contribution in [0.4, 0.5) is 0 Å². The molecule has 0 bridgehead atoms. The third-order valence-corrected chi connectivity index (χ3v) is 5.80. The van der Waals surface area contributed by atoms with Crippen molar-refractivity contribution in [2.75, 3.05) is 7.11 Å². The maximum absolute atomic E-state index is 12.6. The van der Waals surface area contributed by atoms with Gasteiger partial charge in [-0.2, -0.15) is 0 Å². The lowest BCUT2D eigenvalue weighted by Gasteiger charge is -2.35. The average Bonchev–Trinajstić information content (AvgIpc) is 3.44. The number of hydrogen-bond donors (Lipinski definition) is 3. The second-order valence-electron chi connectivity index (χ2n) is 7.14. The molecule has 7 heteroatoms. The monoisotopic (exact) mass is 382 g/mol. The van der Waals surface area contributed by atoms with E-state index in [1.165, 1.54) is 18.2 Å². The van der Waals surface area contributed by atoms with Gasteiger partial charge in [0.05, 0.1) is 12.5 Å². The van der Waals surface area contributed by atoms with E-state index in [1.807, 2.05) is 18.2 Å². The Balaban J connectivity index is 1.65. The summed E-state index contributed by atoms with van der Waals surface area (Å²) in [5, 5.41) is 32.7. The highest BCUT2D eigenvalue weighted by Gasteiger charge is 2.86. The lowest BCUT2D eigenvalue weighted by atomic mass is 9.70. The summed E-state index contributed by atoms with van der Waals surface area (Å²) in [6.07, 6.45) is 0.398. The first-order valence-electron chi connectivity index (χ1n) is 8.88. The molecule has 2 aliphatic carbocycles. The van der Waals surface area contributed by atoms with Crippen LogP contribution < -0.4 is 9.47 Å². The van der Waals surface area contributed by atoms with Gasteiger partial charge in [-0.15, -0.1) is 0 Å². The van der Waals surface area contributed by atoms with Crippen molar-refractivity contribution in [1.29, 1.82) is 0 Å². The van der Waals surface area contributed by atoms with Crippen molar-refractivity contribution in [3.63, 3.8) is 0 Å². The molecule has 28 heavy (non-hydrogen) atoms. The molecule has 5 unspecified atom stereocenters. The zero-order chi connectivity index (χ0) is 19.7. The smallest absolute Gasteiger partial charge is 0.234 e. The van der Waals surface area contributed by atoms with E-state index in [4.69, 9.17) is 14.2 Å². The lowest BCUT2D eigenvalue weighted by molar-refractivity contribution is -0.127. The molecule has 0 spiro atoms. The fourth-order valence-electron chi connectivity index (χ4n) is 4.43. The number of epoxide rings is 1. The van der Waals surface area contributed by atoms with Crippen molar-refractivity contribution in [2.24, 2.45) is 0 Å². The van der Waals surface area contributed by atoms with Gasteiger partial charge in [-0.3, -0.25) is 4.79 Å². The summed E-state index contributed by atoms with van der Waals surface area (Å²) in [4.78, 5) is 12.6. The number of hydrogen-bond acceptors (Lipinski definition) is 7. The van der Waals surface area contributed by atoms with Gasteiger partial charge in [-0.25, -0.2) is 0 Å². The highest BCUT2D eigenvalue weighted by atomic mass is 16.7. The van der Waals surface area contributed by atoms with Crippen molar-refractivity contribution in [3.8, 4) is 11.5 Å². The highest BCUT2D eigenvalue weighted by molar-refractivity contribution is 6.06. The van der Waals surface area contributed by atoms with Crippen LogP contribution in [0, 0.1) is 0 Å². The normalized spacial score (nSPS) is 35.8. The standard InChI is InChI=1S/C21H18O7/c1-26-13-6-2-4-11-5-3-7-14(18(11)13)27-17-10-12(22)19(25)21-16(24)9-8-15(23)20(17,21)28-21/h2-10,15-17,22-24H,1H3. The first-order chi connectivity index (χ1) is 13.5. The molecule has 2 aromatic carbocycles. The number of aliphatic hydroxyl groups excluding tert-OH is 3. The highest BCUT2D eigenvalue weighted by Crippen LogP contribution is 2.61. The third kappa shape index (κ3) is 1.90. The van der Waals surface area contributed by atoms with Crippen LogP contribution in [0.15, 0.2) is 60.4 Å². The predicted molar refractivity (Wildman–Crippen MR) is 98.3 cm³/mol. The largest absolute Gasteiger partial charge is 0.504 e. The molecule has 5 atom stereocenters. The minimum absolute atomic E-state index is 0.438. The molecule has 2 aromatic rings. The van der Waals surface area contributed by atoms with Crippen molar-refractivity contribution < 1.29 is 34.3 Å². The van der Waals surface area contributed by atoms with Gasteiger partial charge in [-0.1, -0.05) is 36.4 Å². The second kappa shape index (κ2) is 5.57. The van der Waals surface area contributed by atoms with Crippen LogP contribution >= 0.6 is 0 Å². The Labute approximate surface area is 160 Å². The SMILES string of the molecule is COc1cccc2cccc(OC3C=C(O)C(=O)C45OC34C(O)C=CC5O)c12. The molecule has 0 saturated carbocycles. The van der Waals surface area contributed by atoms with E-state index < -0.39 is 41.1 Å². The van der Waals surface area contributed by atoms with E-state index in [1.54, 1.807) is 25.3 Å². The minimum Gasteiger partial charge on any atom is -0.504 e. The van der Waals surface area contributed by atoms with Crippen LogP contribution in [0.5, 0.6) is 11.5 Å². The number of carbonyl (C=O) groups is 1. The number of ketones is 1. The number of carbonyl (C=O) groups excluding carboxylic acids is 1. The first-order valence-corrected chi connectivity index (χ1v) is 8.88. The molecule has 7 nitrogen and oxygen atoms in total. The van der Waals surface area contributed by atoms with E-state index in [-0.39, 0.29) is 0 Å². The Morgan fingerprint density at radius 1 is 1.04 bits per heavy atom. The van der Waals surface area contributed by atoms with Crippen LogP contribution in [0.2, 0.25) is 0 Å². The van der Waals surface area contributed by atoms with Gasteiger partial charge >= 0.3 is 0 Å². The molecule has 3 N–H and O–H groups in total. The minimum atomic E-state index is -1.75. The summed E-state index contributed by atoms with van der Waals surface area (Å²) in [7, 11) is 1.55. The number of Topliss-reactive ketones (excluding diaryl/α,β-unsaturated/α-hetero) is 1. The topological polar surface area (TPSA) is 109 Å². The van der Waals surface area contributed by atoms with Crippen molar-refractivity contribution in [2.45, 2.75) is 29.5 Å². The summed E-state index contributed by atoms with van der Waals surface area (Å²) in [6.45, 7) is 0. The Morgan fingerprint density at radius 2 is 1.71 bits per heavy atom. The van der Waals surface area contributed by atoms with Crippen molar-refractivity contribution in [1.82, 2.24) is 0 Å². The van der Waals surface area contributed by atoms with Gasteiger partial charge in [0.1, 0.15) is 23.7 Å². The van der Waals surface area contributed by atoms with Crippen molar-refractivity contribution >= 4 is 16.6 Å². The van der Waals surface area contributed by atoms with Gasteiger partial charge in [0.25, 0.3) is 0 Å². The Morgan fingerprint density at radius 3 is 2.43 bits per heavy atom. The van der Waals surface area contributed by atoms with Gasteiger partial charge in [0, 0.05) is 6.08 Å². The number of benzene rings is 2. The number of fused-ring (bicyclic) bond motifs is 1. The molecule has 1 heterocycles. The van der Waals surface area contributed by atoms with Crippen molar-refractivity contribution in [3.05, 3.63) is 60.4 Å². The van der Waals surface area contributed by atoms with Crippen LogP contribution in [0.25, 0.3) is 10.8 Å². The van der Waals surface area contributed by atoms with E-state index in [9.17, 15) is 20.1 Å². The first kappa shape index (κ1) is 17.2. The van der Waals surface area contributed by atoms with E-state index in [0.717, 1.165) is 5.39 Å². The zero-order valence-electron chi connectivity index (χ0n) is 14.9. The number of aliphatic hydroxyl groups is 3. The Kier molecular flexibility index (Phi) is 3.43. The molecule has 5 rings (SSSR count). The van der Waals surface area contributed by atoms with E-state index >= 15 is 0 Å². The molecule has 0 aromatic heterocycles. The molecule has 0 radical (unpaired) electrons. The molecule has 1 saturated heterocycles. The summed E-state index contributed by atoms with van der Waals surface area (Å²) in [6, 6.07) is 11.0. The average molecular weight is 382 g/mol. The van der Waals surface area contributed by atoms with Gasteiger partial charge in [0.15, 0.2) is 23.1 Å². The predicted octanol–water partition coefficient (Wildman–Crippen LogP) is 1.42. The lowest BCUT2D eigenvalue weighted by Crippen LogP contribution is -2.59. The van der Waals surface area contributed by atoms with Gasteiger partial charge < -0.3 is 29.5 Å². The summed E-state index contributed by atoms with van der Waals surface area (Å²) in [5.74, 6) is -0.295. The molecule has 3 aliphatic rings. The van der Waals surface area contributed by atoms with Crippen LogP contribution in [0.3, 0.4) is 0 Å². The molecular weight excluding hydrogens is 364 g/mol. The van der Waals surface area contributed by atoms with Crippen LogP contribution in [-0.2, 0) is 9.53 Å². The fourth-order valence-corrected chi connectivity index (χ4v) is 4.43. The maximum Gasteiger partial charge on any atom is 0.234 e.